The number of carbonyl (C=O) groups excluding carboxylic acids is 1. The first-order valence-corrected chi connectivity index (χ1v) is 15.5. The molecule has 0 N–H and O–H groups in total. The van der Waals surface area contributed by atoms with Crippen LogP contribution in [-0.4, -0.2) is 32.2 Å². The summed E-state index contributed by atoms with van der Waals surface area (Å²) in [6.45, 7) is 13.6. The quantitative estimate of drug-likeness (QED) is 0.349. The number of fused-ring (bicyclic) bond motifs is 1. The molecular formula is C28H37NO4Si. The van der Waals surface area contributed by atoms with Gasteiger partial charge in [-0.2, -0.15) is 0 Å². The van der Waals surface area contributed by atoms with Crippen molar-refractivity contribution >= 4 is 20.1 Å². The Hall–Kier alpha value is -2.15. The summed E-state index contributed by atoms with van der Waals surface area (Å²) in [5.74, 6) is 0.550. The number of carbonyl (C=O) groups is 1. The molecule has 0 radical (unpaired) electrons. The van der Waals surface area contributed by atoms with Crippen molar-refractivity contribution in [3.63, 3.8) is 0 Å². The zero-order valence-electron chi connectivity index (χ0n) is 21.3. The predicted molar refractivity (Wildman–Crippen MR) is 137 cm³/mol. The van der Waals surface area contributed by atoms with E-state index in [2.05, 4.69) is 46.9 Å². The van der Waals surface area contributed by atoms with E-state index < -0.39 is 19.5 Å². The second kappa shape index (κ2) is 7.94. The number of nitrogens with zero attached hydrogens (tertiary/aromatic N) is 1. The van der Waals surface area contributed by atoms with Crippen LogP contribution < -0.4 is 9.64 Å². The lowest BCUT2D eigenvalue weighted by Gasteiger charge is -2.48. The van der Waals surface area contributed by atoms with Gasteiger partial charge in [-0.05, 0) is 62.0 Å². The molecule has 6 heteroatoms. The first kappa shape index (κ1) is 23.6. The van der Waals surface area contributed by atoms with Crippen LogP contribution in [0.15, 0.2) is 54.6 Å². The van der Waals surface area contributed by atoms with Crippen LogP contribution in [-0.2, 0) is 14.8 Å². The van der Waals surface area contributed by atoms with Crippen LogP contribution in [0.5, 0.6) is 5.75 Å². The van der Waals surface area contributed by atoms with Crippen molar-refractivity contribution < 1.29 is 18.7 Å². The van der Waals surface area contributed by atoms with Crippen LogP contribution in [0.3, 0.4) is 0 Å². The molecule has 1 aliphatic carbocycles. The first-order chi connectivity index (χ1) is 16.1. The molecule has 0 bridgehead atoms. The second-order valence-corrected chi connectivity index (χ2v) is 16.2. The number of amides is 1. The summed E-state index contributed by atoms with van der Waals surface area (Å²) in [6, 6.07) is 17.4. The number of rotatable bonds is 4. The van der Waals surface area contributed by atoms with Gasteiger partial charge < -0.3 is 13.9 Å². The minimum absolute atomic E-state index is 0.00960. The molecule has 2 heterocycles. The van der Waals surface area contributed by atoms with Crippen molar-refractivity contribution in [3.8, 4) is 5.75 Å². The van der Waals surface area contributed by atoms with Gasteiger partial charge in [0.05, 0.1) is 17.8 Å². The number of hydrogen-bond acceptors (Lipinski definition) is 4. The minimum atomic E-state index is -2.02. The largest absolute Gasteiger partial charge is 0.420 e. The van der Waals surface area contributed by atoms with Crippen molar-refractivity contribution in [1.82, 2.24) is 0 Å². The fourth-order valence-electron chi connectivity index (χ4n) is 5.95. The van der Waals surface area contributed by atoms with Gasteiger partial charge in [-0.15, -0.1) is 0 Å². The van der Waals surface area contributed by atoms with Gasteiger partial charge in [-0.1, -0.05) is 64.1 Å². The van der Waals surface area contributed by atoms with E-state index in [0.29, 0.717) is 5.75 Å². The van der Waals surface area contributed by atoms with Crippen molar-refractivity contribution in [2.75, 3.05) is 4.90 Å². The van der Waals surface area contributed by atoms with Crippen molar-refractivity contribution in [1.29, 1.82) is 0 Å². The molecule has 3 aliphatic rings. The maximum Gasteiger partial charge on any atom is 0.420 e. The normalized spacial score (nSPS) is 30.1. The van der Waals surface area contributed by atoms with Gasteiger partial charge in [-0.3, -0.25) is 4.90 Å². The fraction of sp³-hybridized carbons (Fsp3) is 0.536. The SMILES string of the molecule is CCC1N(C(=O)Oc2ccccc2)c2ccccc2C23OC12CCCC3O[Si](C)(C)C(C)(C)C. The number of hydrogen-bond donors (Lipinski definition) is 0. The number of para-hydroxylation sites is 2. The van der Waals surface area contributed by atoms with Crippen LogP contribution in [0.2, 0.25) is 18.1 Å². The van der Waals surface area contributed by atoms with E-state index >= 15 is 0 Å². The fourth-order valence-corrected chi connectivity index (χ4v) is 7.30. The van der Waals surface area contributed by atoms with E-state index in [-0.39, 0.29) is 23.3 Å². The lowest BCUT2D eigenvalue weighted by molar-refractivity contribution is 0.0676. The van der Waals surface area contributed by atoms with Gasteiger partial charge in [0.2, 0.25) is 0 Å². The molecule has 182 valence electrons. The highest BCUT2D eigenvalue weighted by atomic mass is 28.4. The smallest absolute Gasteiger partial charge is 0.411 e. The van der Waals surface area contributed by atoms with Gasteiger partial charge in [-0.25, -0.2) is 4.79 Å². The van der Waals surface area contributed by atoms with Crippen LogP contribution in [0.4, 0.5) is 10.5 Å². The first-order valence-electron chi connectivity index (χ1n) is 12.6. The van der Waals surface area contributed by atoms with Crippen LogP contribution in [0.1, 0.15) is 58.9 Å². The van der Waals surface area contributed by atoms with Crippen molar-refractivity contribution in [3.05, 3.63) is 60.2 Å². The number of benzene rings is 2. The molecular weight excluding hydrogens is 442 g/mol. The molecule has 2 aromatic carbocycles. The van der Waals surface area contributed by atoms with Crippen LogP contribution in [0.25, 0.3) is 0 Å². The summed E-state index contributed by atoms with van der Waals surface area (Å²) in [4.78, 5) is 15.4. The molecule has 34 heavy (non-hydrogen) atoms. The molecule has 2 aromatic rings. The highest BCUT2D eigenvalue weighted by molar-refractivity contribution is 6.74. The standard InChI is InChI=1S/C28H37NO4Si/c1-7-23-27-19-13-18-24(32-34(5,6)26(2,3)4)28(27,33-27)21-16-11-12-17-22(21)29(23)25(30)31-20-14-9-8-10-15-20/h8-12,14-17,23-24H,7,13,18-19H2,1-6H3. The Balaban J connectivity index is 1.58. The van der Waals surface area contributed by atoms with E-state index in [0.717, 1.165) is 36.9 Å². The molecule has 2 aliphatic heterocycles. The van der Waals surface area contributed by atoms with Crippen LogP contribution >= 0.6 is 0 Å². The van der Waals surface area contributed by atoms with Crippen molar-refractivity contribution in [2.24, 2.45) is 0 Å². The second-order valence-electron chi connectivity index (χ2n) is 11.5. The van der Waals surface area contributed by atoms with Gasteiger partial charge in [0.1, 0.15) is 11.4 Å². The average molecular weight is 480 g/mol. The summed E-state index contributed by atoms with van der Waals surface area (Å²) in [5, 5.41) is 0.114. The molecule has 0 spiro atoms. The van der Waals surface area contributed by atoms with E-state index in [1.165, 1.54) is 0 Å². The maximum absolute atomic E-state index is 13.6. The van der Waals surface area contributed by atoms with Crippen molar-refractivity contribution in [2.45, 2.75) is 94.9 Å². The molecule has 5 rings (SSSR count). The highest BCUT2D eigenvalue weighted by Gasteiger charge is 2.82. The molecule has 0 aromatic heterocycles. The summed E-state index contributed by atoms with van der Waals surface area (Å²) in [5.41, 5.74) is 1.01. The van der Waals surface area contributed by atoms with Gasteiger partial charge in [0, 0.05) is 5.56 Å². The Kier molecular flexibility index (Phi) is 5.50. The number of ether oxygens (including phenoxy) is 2. The van der Waals surface area contributed by atoms with Gasteiger partial charge >= 0.3 is 6.09 Å². The van der Waals surface area contributed by atoms with Crippen LogP contribution in [0, 0.1) is 0 Å². The Labute approximate surface area is 204 Å². The number of anilines is 1. The van der Waals surface area contributed by atoms with Gasteiger partial charge in [0.25, 0.3) is 0 Å². The molecule has 5 nitrogen and oxygen atoms in total. The van der Waals surface area contributed by atoms with E-state index in [1.54, 1.807) is 0 Å². The van der Waals surface area contributed by atoms with E-state index in [1.807, 2.05) is 53.4 Å². The minimum Gasteiger partial charge on any atom is -0.411 e. The van der Waals surface area contributed by atoms with E-state index in [9.17, 15) is 4.79 Å². The third-order valence-electron chi connectivity index (χ3n) is 8.59. The molecule has 4 atom stereocenters. The summed E-state index contributed by atoms with van der Waals surface area (Å²) in [7, 11) is -2.02. The Morgan fingerprint density at radius 2 is 1.79 bits per heavy atom. The third-order valence-corrected chi connectivity index (χ3v) is 13.1. The highest BCUT2D eigenvalue weighted by Crippen LogP contribution is 2.71. The van der Waals surface area contributed by atoms with Gasteiger partial charge in [0.15, 0.2) is 13.9 Å². The predicted octanol–water partition coefficient (Wildman–Crippen LogP) is 7.02. The lowest BCUT2D eigenvalue weighted by atomic mass is 9.67. The summed E-state index contributed by atoms with van der Waals surface area (Å²) >= 11 is 0. The third kappa shape index (κ3) is 3.29. The van der Waals surface area contributed by atoms with E-state index in [4.69, 9.17) is 13.9 Å². The molecule has 1 saturated carbocycles. The zero-order valence-corrected chi connectivity index (χ0v) is 22.3. The molecule has 4 unspecified atom stereocenters. The Morgan fingerprint density at radius 1 is 1.12 bits per heavy atom. The number of epoxide rings is 1. The zero-order chi connectivity index (χ0) is 24.4. The Morgan fingerprint density at radius 3 is 2.47 bits per heavy atom. The summed E-state index contributed by atoms with van der Waals surface area (Å²) in [6.07, 6.45) is 3.36. The average Bonchev–Trinajstić information content (AvgIpc) is 3.50. The molecule has 1 amide bonds. The monoisotopic (exact) mass is 479 g/mol. The molecule has 2 fully saturated rings. The Bertz CT molecular complexity index is 1080. The maximum atomic E-state index is 13.6. The topological polar surface area (TPSA) is 51.3 Å². The molecule has 1 saturated heterocycles. The lowest BCUT2D eigenvalue weighted by Crippen LogP contribution is -2.60. The summed E-state index contributed by atoms with van der Waals surface area (Å²) < 4.78 is 19.8.